The van der Waals surface area contributed by atoms with Crippen molar-refractivity contribution >= 4 is 28.4 Å². The second kappa shape index (κ2) is 11.3. The second-order valence-electron chi connectivity index (χ2n) is 7.77. The Balaban J connectivity index is 2.09. The van der Waals surface area contributed by atoms with Gasteiger partial charge < -0.3 is 5.43 Å². The predicted molar refractivity (Wildman–Crippen MR) is 136 cm³/mol. The summed E-state index contributed by atoms with van der Waals surface area (Å²) in [4.78, 5) is 4.94. The third kappa shape index (κ3) is 5.78. The molecule has 34 heavy (non-hydrogen) atoms. The Hall–Kier alpha value is -2.45. The molecule has 4 nitrogen and oxygen atoms in total. The first-order valence-electron chi connectivity index (χ1n) is 11.1. The van der Waals surface area contributed by atoms with E-state index >= 15 is 0 Å². The standard InChI is InChI=1S/C25H28ClF3N4S/c1-5-20(25(27,28)29)24(32-30-4)34-15-21-22(6-2)33(18-13-11-17(26)12-14-18)23(31-21)19-10-8-7-9-16(19)3/h7-14,20,30H,5-6,15H2,1-4H3/b32-24-. The molecule has 0 fully saturated rings. The average molecular weight is 509 g/mol. The molecule has 0 radical (unpaired) electrons. The summed E-state index contributed by atoms with van der Waals surface area (Å²) in [6.07, 6.45) is -3.78. The minimum atomic E-state index is -4.36. The van der Waals surface area contributed by atoms with Gasteiger partial charge in [-0.1, -0.05) is 49.7 Å². The molecule has 1 heterocycles. The number of halogens is 4. The maximum Gasteiger partial charge on any atom is 0.397 e. The topological polar surface area (TPSA) is 42.2 Å². The molecule has 1 N–H and O–H groups in total. The van der Waals surface area contributed by atoms with E-state index in [1.807, 2.05) is 62.4 Å². The van der Waals surface area contributed by atoms with Crippen LogP contribution in [0, 0.1) is 12.8 Å². The van der Waals surface area contributed by atoms with Crippen molar-refractivity contribution in [1.29, 1.82) is 0 Å². The van der Waals surface area contributed by atoms with Gasteiger partial charge in [0.15, 0.2) is 0 Å². The maximum atomic E-state index is 13.6. The van der Waals surface area contributed by atoms with Crippen LogP contribution >= 0.6 is 23.4 Å². The van der Waals surface area contributed by atoms with Crippen molar-refractivity contribution in [3.05, 3.63) is 70.5 Å². The molecule has 0 aliphatic carbocycles. The van der Waals surface area contributed by atoms with Crippen molar-refractivity contribution in [2.45, 2.75) is 45.5 Å². The van der Waals surface area contributed by atoms with Gasteiger partial charge in [-0.05, 0) is 49.6 Å². The lowest BCUT2D eigenvalue weighted by molar-refractivity contribution is -0.155. The molecule has 3 aromatic rings. The zero-order chi connectivity index (χ0) is 24.9. The SMILES string of the molecule is CCc1c(CS/C(=N\NC)C(CC)C(F)(F)F)nc(-c2ccccc2C)n1-c1ccc(Cl)cc1. The first-order valence-corrected chi connectivity index (χ1v) is 12.4. The normalized spacial score (nSPS) is 13.2. The summed E-state index contributed by atoms with van der Waals surface area (Å²) in [6.45, 7) is 5.56. The lowest BCUT2D eigenvalue weighted by atomic mass is 10.1. The number of hydrogen-bond acceptors (Lipinski definition) is 4. The molecular weight excluding hydrogens is 481 g/mol. The number of hydrazone groups is 1. The van der Waals surface area contributed by atoms with Gasteiger partial charge in [0.2, 0.25) is 0 Å². The van der Waals surface area contributed by atoms with E-state index < -0.39 is 12.1 Å². The number of thioether (sulfide) groups is 1. The number of rotatable bonds is 8. The van der Waals surface area contributed by atoms with Crippen LogP contribution in [-0.4, -0.2) is 27.8 Å². The molecule has 1 aromatic heterocycles. The molecule has 182 valence electrons. The lowest BCUT2D eigenvalue weighted by Gasteiger charge is -2.20. The zero-order valence-electron chi connectivity index (χ0n) is 19.6. The number of nitrogens with one attached hydrogen (secondary N) is 1. The molecule has 0 saturated carbocycles. The predicted octanol–water partition coefficient (Wildman–Crippen LogP) is 7.42. The maximum absolute atomic E-state index is 13.6. The molecule has 2 aromatic carbocycles. The minimum Gasteiger partial charge on any atom is -0.312 e. The third-order valence-electron chi connectivity index (χ3n) is 5.54. The number of benzene rings is 2. The van der Waals surface area contributed by atoms with Crippen molar-refractivity contribution in [3.63, 3.8) is 0 Å². The highest BCUT2D eigenvalue weighted by Gasteiger charge is 2.42. The highest BCUT2D eigenvalue weighted by molar-refractivity contribution is 8.13. The number of aryl methyl sites for hydroxylation is 1. The van der Waals surface area contributed by atoms with Gasteiger partial charge in [0, 0.05) is 34.8 Å². The minimum absolute atomic E-state index is 0.0121. The number of hydrogen-bond donors (Lipinski definition) is 1. The fourth-order valence-electron chi connectivity index (χ4n) is 3.86. The Kier molecular flexibility index (Phi) is 8.71. The van der Waals surface area contributed by atoms with Crippen LogP contribution in [0.3, 0.4) is 0 Å². The van der Waals surface area contributed by atoms with Gasteiger partial charge in [0.25, 0.3) is 0 Å². The number of nitrogens with zero attached hydrogens (tertiary/aromatic N) is 3. The van der Waals surface area contributed by atoms with E-state index in [0.717, 1.165) is 45.8 Å². The van der Waals surface area contributed by atoms with Gasteiger partial charge in [-0.2, -0.15) is 18.3 Å². The van der Waals surface area contributed by atoms with Crippen molar-refractivity contribution in [2.24, 2.45) is 11.0 Å². The summed E-state index contributed by atoms with van der Waals surface area (Å²) < 4.78 is 42.9. The van der Waals surface area contributed by atoms with Gasteiger partial charge in [-0.15, -0.1) is 11.8 Å². The number of alkyl halides is 3. The Bertz CT molecular complexity index is 1140. The van der Waals surface area contributed by atoms with Gasteiger partial charge >= 0.3 is 6.18 Å². The van der Waals surface area contributed by atoms with E-state index in [0.29, 0.717) is 11.4 Å². The van der Waals surface area contributed by atoms with Crippen molar-refractivity contribution in [3.8, 4) is 17.1 Å². The smallest absolute Gasteiger partial charge is 0.312 e. The van der Waals surface area contributed by atoms with E-state index in [2.05, 4.69) is 15.1 Å². The number of imidazole rings is 1. The summed E-state index contributed by atoms with van der Waals surface area (Å²) >= 11 is 7.19. The first-order chi connectivity index (χ1) is 16.2. The van der Waals surface area contributed by atoms with E-state index in [1.165, 1.54) is 14.0 Å². The molecule has 0 aliphatic heterocycles. The summed E-state index contributed by atoms with van der Waals surface area (Å²) in [7, 11) is 1.51. The summed E-state index contributed by atoms with van der Waals surface area (Å²) in [5.41, 5.74) is 7.13. The number of aromatic nitrogens is 2. The molecule has 1 unspecified atom stereocenters. The Labute approximate surface area is 207 Å². The zero-order valence-corrected chi connectivity index (χ0v) is 21.2. The lowest BCUT2D eigenvalue weighted by Crippen LogP contribution is -2.29. The molecular formula is C25H28ClF3N4S. The van der Waals surface area contributed by atoms with E-state index in [-0.39, 0.29) is 17.2 Å². The molecule has 0 amide bonds. The van der Waals surface area contributed by atoms with Crippen LogP contribution in [0.2, 0.25) is 5.02 Å². The van der Waals surface area contributed by atoms with Crippen LogP contribution in [-0.2, 0) is 12.2 Å². The largest absolute Gasteiger partial charge is 0.397 e. The Morgan fingerprint density at radius 3 is 2.38 bits per heavy atom. The van der Waals surface area contributed by atoms with Crippen LogP contribution in [0.15, 0.2) is 53.6 Å². The van der Waals surface area contributed by atoms with E-state index in [1.54, 1.807) is 0 Å². The van der Waals surface area contributed by atoms with Gasteiger partial charge in [0.05, 0.1) is 5.69 Å². The highest BCUT2D eigenvalue weighted by Crippen LogP contribution is 2.36. The fraction of sp³-hybridized carbons (Fsp3) is 0.360. The summed E-state index contributed by atoms with van der Waals surface area (Å²) in [5, 5.41) is 4.60. The van der Waals surface area contributed by atoms with Crippen LogP contribution in [0.1, 0.15) is 37.2 Å². The molecule has 0 bridgehead atoms. The van der Waals surface area contributed by atoms with Crippen molar-refractivity contribution in [2.75, 3.05) is 7.05 Å². The van der Waals surface area contributed by atoms with Gasteiger partial charge in [-0.3, -0.25) is 4.57 Å². The van der Waals surface area contributed by atoms with Crippen molar-refractivity contribution in [1.82, 2.24) is 15.0 Å². The van der Waals surface area contributed by atoms with Crippen LogP contribution in [0.5, 0.6) is 0 Å². The second-order valence-corrected chi connectivity index (χ2v) is 9.21. The average Bonchev–Trinajstić information content (AvgIpc) is 3.16. The molecule has 3 rings (SSSR count). The molecule has 0 saturated heterocycles. The monoisotopic (exact) mass is 508 g/mol. The van der Waals surface area contributed by atoms with E-state index in [4.69, 9.17) is 16.6 Å². The Morgan fingerprint density at radius 1 is 1.15 bits per heavy atom. The molecule has 0 aliphatic rings. The third-order valence-corrected chi connectivity index (χ3v) is 6.88. The quantitative estimate of drug-likeness (QED) is 0.195. The first kappa shape index (κ1) is 26.2. The van der Waals surface area contributed by atoms with Crippen LogP contribution in [0.4, 0.5) is 13.2 Å². The summed E-state index contributed by atoms with van der Waals surface area (Å²) in [5.74, 6) is -0.595. The van der Waals surface area contributed by atoms with Gasteiger partial charge in [0.1, 0.15) is 16.8 Å². The fourth-order valence-corrected chi connectivity index (χ4v) is 5.16. The Morgan fingerprint density at radius 2 is 1.82 bits per heavy atom. The van der Waals surface area contributed by atoms with Gasteiger partial charge in [-0.25, -0.2) is 4.98 Å². The van der Waals surface area contributed by atoms with Crippen LogP contribution in [0.25, 0.3) is 17.1 Å². The highest BCUT2D eigenvalue weighted by atomic mass is 35.5. The van der Waals surface area contributed by atoms with Crippen LogP contribution < -0.4 is 5.43 Å². The van der Waals surface area contributed by atoms with E-state index in [9.17, 15) is 13.2 Å². The molecule has 1 atom stereocenters. The van der Waals surface area contributed by atoms with Crippen molar-refractivity contribution < 1.29 is 13.2 Å². The molecule has 9 heteroatoms. The summed E-state index contributed by atoms with van der Waals surface area (Å²) in [6, 6.07) is 15.4. The molecule has 0 spiro atoms.